The lowest BCUT2D eigenvalue weighted by Crippen LogP contribution is -2.27. The monoisotopic (exact) mass is 223 g/mol. The normalized spacial score (nSPS) is 18.1. The van der Waals surface area contributed by atoms with Crippen LogP contribution in [0.25, 0.3) is 0 Å². The molecule has 1 aromatic rings. The van der Waals surface area contributed by atoms with Crippen molar-refractivity contribution in [3.8, 4) is 0 Å². The largest absolute Gasteiger partial charge is 0.317 e. The van der Waals surface area contributed by atoms with Gasteiger partial charge in [-0.25, -0.2) is 0 Å². The van der Waals surface area contributed by atoms with Crippen LogP contribution >= 0.6 is 11.6 Å². The lowest BCUT2D eigenvalue weighted by molar-refractivity contribution is 0.459. The fourth-order valence-corrected chi connectivity index (χ4v) is 2.59. The van der Waals surface area contributed by atoms with Gasteiger partial charge in [-0.2, -0.15) is 0 Å². The molecular weight excluding hydrogens is 206 g/mol. The predicted molar refractivity (Wildman–Crippen MR) is 65.8 cm³/mol. The average molecular weight is 224 g/mol. The number of hydrogen-bond donors (Lipinski definition) is 1. The van der Waals surface area contributed by atoms with E-state index in [1.165, 1.54) is 29.5 Å². The van der Waals surface area contributed by atoms with E-state index in [0.29, 0.717) is 0 Å². The van der Waals surface area contributed by atoms with Gasteiger partial charge in [-0.1, -0.05) is 17.7 Å². The summed E-state index contributed by atoms with van der Waals surface area (Å²) in [7, 11) is 0. The first-order valence-electron chi connectivity index (χ1n) is 5.66. The molecule has 0 amide bonds. The summed E-state index contributed by atoms with van der Waals surface area (Å²) in [6.07, 6.45) is 2.50. The number of aryl methyl sites for hydroxylation is 2. The Kier molecular flexibility index (Phi) is 3.32. The van der Waals surface area contributed by atoms with Gasteiger partial charge in [-0.15, -0.1) is 0 Å². The van der Waals surface area contributed by atoms with Gasteiger partial charge >= 0.3 is 0 Å². The fraction of sp³-hybridized carbons (Fsp3) is 0.538. The van der Waals surface area contributed by atoms with Crippen LogP contribution in [-0.2, 0) is 0 Å². The van der Waals surface area contributed by atoms with Crippen molar-refractivity contribution in [1.82, 2.24) is 5.32 Å². The van der Waals surface area contributed by atoms with Gasteiger partial charge in [0.25, 0.3) is 0 Å². The predicted octanol–water partition coefficient (Wildman–Crippen LogP) is 3.42. The molecule has 0 aliphatic carbocycles. The van der Waals surface area contributed by atoms with Gasteiger partial charge in [0.15, 0.2) is 0 Å². The molecule has 0 saturated carbocycles. The molecule has 2 rings (SSSR count). The first kappa shape index (κ1) is 11.0. The highest BCUT2D eigenvalue weighted by molar-refractivity contribution is 6.31. The Morgan fingerprint density at radius 3 is 2.47 bits per heavy atom. The van der Waals surface area contributed by atoms with Gasteiger partial charge in [0.05, 0.1) is 0 Å². The maximum Gasteiger partial charge on any atom is 0.0438 e. The minimum atomic E-state index is 0.724. The van der Waals surface area contributed by atoms with Gasteiger partial charge in [0.2, 0.25) is 0 Å². The summed E-state index contributed by atoms with van der Waals surface area (Å²) in [5.74, 6) is 0.724. The van der Waals surface area contributed by atoms with Crippen LogP contribution in [0.1, 0.15) is 35.4 Å². The van der Waals surface area contributed by atoms with Gasteiger partial charge in [-0.3, -0.25) is 0 Å². The molecule has 1 nitrogen and oxygen atoms in total. The van der Waals surface area contributed by atoms with Crippen molar-refractivity contribution < 1.29 is 0 Å². The summed E-state index contributed by atoms with van der Waals surface area (Å²) in [6, 6.07) is 4.38. The van der Waals surface area contributed by atoms with E-state index in [1.807, 2.05) is 0 Å². The Labute approximate surface area is 96.8 Å². The third-order valence-electron chi connectivity index (χ3n) is 3.33. The summed E-state index contributed by atoms with van der Waals surface area (Å²) in [5, 5.41) is 4.30. The van der Waals surface area contributed by atoms with Crippen LogP contribution in [0.15, 0.2) is 12.1 Å². The zero-order valence-corrected chi connectivity index (χ0v) is 10.2. The van der Waals surface area contributed by atoms with Crippen molar-refractivity contribution in [2.24, 2.45) is 0 Å². The maximum atomic E-state index is 6.11. The van der Waals surface area contributed by atoms with Crippen LogP contribution in [0.4, 0.5) is 0 Å². The molecule has 0 spiro atoms. The molecular formula is C13H18ClN. The number of benzene rings is 1. The molecule has 0 atom stereocenters. The van der Waals surface area contributed by atoms with Gasteiger partial charge < -0.3 is 5.32 Å². The summed E-state index contributed by atoms with van der Waals surface area (Å²) >= 11 is 6.11. The van der Waals surface area contributed by atoms with Crippen molar-refractivity contribution >= 4 is 11.6 Å². The Morgan fingerprint density at radius 1 is 1.13 bits per heavy atom. The Balaban J connectivity index is 2.30. The molecule has 0 radical (unpaired) electrons. The minimum Gasteiger partial charge on any atom is -0.317 e. The van der Waals surface area contributed by atoms with E-state index in [2.05, 4.69) is 31.3 Å². The molecule has 1 heterocycles. The number of piperidine rings is 1. The Hall–Kier alpha value is -0.530. The summed E-state index contributed by atoms with van der Waals surface area (Å²) in [4.78, 5) is 0. The number of halogens is 1. The molecule has 82 valence electrons. The second-order valence-electron chi connectivity index (χ2n) is 4.48. The van der Waals surface area contributed by atoms with E-state index < -0.39 is 0 Å². The topological polar surface area (TPSA) is 12.0 Å². The van der Waals surface area contributed by atoms with Crippen LogP contribution in [0.3, 0.4) is 0 Å². The highest BCUT2D eigenvalue weighted by Gasteiger charge is 2.17. The zero-order chi connectivity index (χ0) is 10.8. The number of nitrogens with one attached hydrogen (secondary N) is 1. The van der Waals surface area contributed by atoms with Crippen LogP contribution in [-0.4, -0.2) is 13.1 Å². The van der Waals surface area contributed by atoms with Crippen molar-refractivity contribution in [2.75, 3.05) is 13.1 Å². The van der Waals surface area contributed by atoms with Crippen molar-refractivity contribution in [3.05, 3.63) is 33.8 Å². The second kappa shape index (κ2) is 4.54. The minimum absolute atomic E-state index is 0.724. The molecule has 0 aromatic heterocycles. The number of hydrogen-bond acceptors (Lipinski definition) is 1. The van der Waals surface area contributed by atoms with Crippen LogP contribution in [0, 0.1) is 13.8 Å². The molecule has 0 unspecified atom stereocenters. The average Bonchev–Trinajstić information content (AvgIpc) is 2.25. The van der Waals surface area contributed by atoms with Crippen LogP contribution in [0.2, 0.25) is 5.02 Å². The van der Waals surface area contributed by atoms with Crippen molar-refractivity contribution in [1.29, 1.82) is 0 Å². The van der Waals surface area contributed by atoms with E-state index in [4.69, 9.17) is 11.6 Å². The molecule has 2 heteroatoms. The molecule has 1 aromatic carbocycles. The highest BCUT2D eigenvalue weighted by Crippen LogP contribution is 2.31. The zero-order valence-electron chi connectivity index (χ0n) is 9.44. The molecule has 15 heavy (non-hydrogen) atoms. The maximum absolute atomic E-state index is 6.11. The van der Waals surface area contributed by atoms with Gasteiger partial charge in [-0.05, 0) is 68.5 Å². The third kappa shape index (κ3) is 2.35. The van der Waals surface area contributed by atoms with Crippen LogP contribution in [0.5, 0.6) is 0 Å². The van der Waals surface area contributed by atoms with E-state index in [9.17, 15) is 0 Å². The lowest BCUT2D eigenvalue weighted by atomic mass is 9.86. The van der Waals surface area contributed by atoms with Crippen LogP contribution < -0.4 is 5.32 Å². The molecule has 0 bridgehead atoms. The van der Waals surface area contributed by atoms with Crippen molar-refractivity contribution in [2.45, 2.75) is 32.6 Å². The molecule has 1 aliphatic heterocycles. The molecule has 1 fully saturated rings. The van der Waals surface area contributed by atoms with E-state index >= 15 is 0 Å². The fourth-order valence-electron chi connectivity index (χ4n) is 2.38. The van der Waals surface area contributed by atoms with E-state index in [0.717, 1.165) is 24.0 Å². The van der Waals surface area contributed by atoms with E-state index in [-0.39, 0.29) is 0 Å². The standard InChI is InChI=1S/C13H18ClN/c1-9-8-13(14)10(2)7-12(9)11-3-5-15-6-4-11/h7-8,11,15H,3-6H2,1-2H3. The molecule has 1 aliphatic rings. The van der Waals surface area contributed by atoms with E-state index in [1.54, 1.807) is 0 Å². The lowest BCUT2D eigenvalue weighted by Gasteiger charge is -2.25. The summed E-state index contributed by atoms with van der Waals surface area (Å²) < 4.78 is 0. The first-order valence-corrected chi connectivity index (χ1v) is 6.03. The molecule has 1 saturated heterocycles. The first-order chi connectivity index (χ1) is 7.18. The summed E-state index contributed by atoms with van der Waals surface area (Å²) in [6.45, 7) is 6.55. The third-order valence-corrected chi connectivity index (χ3v) is 3.73. The second-order valence-corrected chi connectivity index (χ2v) is 4.89. The number of rotatable bonds is 1. The quantitative estimate of drug-likeness (QED) is 0.770. The smallest absolute Gasteiger partial charge is 0.0438 e. The van der Waals surface area contributed by atoms with Crippen molar-refractivity contribution in [3.63, 3.8) is 0 Å². The Bertz CT molecular complexity index is 354. The Morgan fingerprint density at radius 2 is 1.80 bits per heavy atom. The van der Waals surface area contributed by atoms with Gasteiger partial charge in [0.1, 0.15) is 0 Å². The summed E-state index contributed by atoms with van der Waals surface area (Å²) in [5.41, 5.74) is 4.05. The molecule has 1 N–H and O–H groups in total. The highest BCUT2D eigenvalue weighted by atomic mass is 35.5. The van der Waals surface area contributed by atoms with Gasteiger partial charge in [0, 0.05) is 5.02 Å². The SMILES string of the molecule is Cc1cc(C2CCNCC2)c(C)cc1Cl.